The summed E-state index contributed by atoms with van der Waals surface area (Å²) in [5.41, 5.74) is 0.393. The number of nitrogens with one attached hydrogen (secondary N) is 1. The molecule has 0 bridgehead atoms. The first-order chi connectivity index (χ1) is 12.0. The molecule has 0 aliphatic rings. The maximum absolute atomic E-state index is 11.9. The van der Waals surface area contributed by atoms with Crippen LogP contribution in [-0.4, -0.2) is 31.7 Å². The minimum Gasteiger partial charge on any atom is -0.495 e. The van der Waals surface area contributed by atoms with E-state index < -0.39 is 24.6 Å². The Hall–Kier alpha value is -2.73. The Morgan fingerprint density at radius 1 is 1.16 bits per heavy atom. The molecule has 0 aliphatic heterocycles. The maximum atomic E-state index is 11.9. The largest absolute Gasteiger partial charge is 0.495 e. The summed E-state index contributed by atoms with van der Waals surface area (Å²) in [4.78, 5) is 23.9. The fraction of sp³-hybridized carbons (Fsp3) is 0.222. The molecule has 0 saturated carbocycles. The number of carbonyl (C=O) groups is 2. The van der Waals surface area contributed by atoms with Gasteiger partial charge in [-0.25, -0.2) is 4.79 Å². The van der Waals surface area contributed by atoms with Crippen molar-refractivity contribution >= 4 is 29.2 Å². The zero-order chi connectivity index (χ0) is 18.2. The van der Waals surface area contributed by atoms with Crippen LogP contribution in [0.3, 0.4) is 0 Å². The van der Waals surface area contributed by atoms with Crippen molar-refractivity contribution in [3.05, 3.63) is 53.6 Å². The predicted molar refractivity (Wildman–Crippen MR) is 94.1 cm³/mol. The summed E-state index contributed by atoms with van der Waals surface area (Å²) in [6.07, 6.45) is -0.837. The van der Waals surface area contributed by atoms with E-state index >= 15 is 0 Å². The van der Waals surface area contributed by atoms with Crippen LogP contribution in [0.4, 0.5) is 5.69 Å². The molecule has 0 unspecified atom stereocenters. The Morgan fingerprint density at radius 2 is 1.88 bits per heavy atom. The fourth-order valence-electron chi connectivity index (χ4n) is 1.97. The minimum absolute atomic E-state index is 0.393. The van der Waals surface area contributed by atoms with Gasteiger partial charge in [-0.3, -0.25) is 4.79 Å². The number of methoxy groups -OCH3 is 1. The van der Waals surface area contributed by atoms with Gasteiger partial charge in [0.25, 0.3) is 5.91 Å². The molecule has 132 valence electrons. The van der Waals surface area contributed by atoms with E-state index in [2.05, 4.69) is 5.32 Å². The number of hydrogen-bond acceptors (Lipinski definition) is 5. The highest BCUT2D eigenvalue weighted by Gasteiger charge is 2.18. The van der Waals surface area contributed by atoms with Gasteiger partial charge in [-0.1, -0.05) is 29.8 Å². The van der Waals surface area contributed by atoms with Crippen molar-refractivity contribution in [3.8, 4) is 11.5 Å². The highest BCUT2D eigenvalue weighted by atomic mass is 35.5. The third-order valence-electron chi connectivity index (χ3n) is 3.17. The normalized spacial score (nSPS) is 11.3. The number of esters is 1. The Kier molecular flexibility index (Phi) is 6.65. The monoisotopic (exact) mass is 363 g/mol. The van der Waals surface area contributed by atoms with Crippen molar-refractivity contribution in [3.63, 3.8) is 0 Å². The molecular weight excluding hydrogens is 346 g/mol. The van der Waals surface area contributed by atoms with Crippen molar-refractivity contribution in [1.82, 2.24) is 0 Å². The van der Waals surface area contributed by atoms with Crippen LogP contribution in [0.15, 0.2) is 48.5 Å². The number of rotatable bonds is 7. The molecule has 1 atom stereocenters. The van der Waals surface area contributed by atoms with Crippen LogP contribution in [0.5, 0.6) is 11.5 Å². The summed E-state index contributed by atoms with van der Waals surface area (Å²) < 4.78 is 15.5. The van der Waals surface area contributed by atoms with Gasteiger partial charge in [-0.05, 0) is 37.3 Å². The number of benzene rings is 2. The van der Waals surface area contributed by atoms with Crippen LogP contribution in [0, 0.1) is 0 Å². The van der Waals surface area contributed by atoms with Gasteiger partial charge in [-0.2, -0.15) is 0 Å². The molecule has 2 aromatic carbocycles. The molecule has 0 fully saturated rings. The topological polar surface area (TPSA) is 73.9 Å². The van der Waals surface area contributed by atoms with Gasteiger partial charge in [0.05, 0.1) is 12.8 Å². The van der Waals surface area contributed by atoms with E-state index in [1.807, 2.05) is 6.07 Å². The Balaban J connectivity index is 1.85. The Bertz CT molecular complexity index is 736. The van der Waals surface area contributed by atoms with Crippen molar-refractivity contribution < 1.29 is 23.8 Å². The minimum atomic E-state index is -0.837. The zero-order valence-corrected chi connectivity index (χ0v) is 14.6. The molecule has 0 saturated heterocycles. The van der Waals surface area contributed by atoms with Crippen LogP contribution in [0.25, 0.3) is 0 Å². The summed E-state index contributed by atoms with van der Waals surface area (Å²) in [5, 5.41) is 3.02. The van der Waals surface area contributed by atoms with Gasteiger partial charge in [0, 0.05) is 5.02 Å². The summed E-state index contributed by atoms with van der Waals surface area (Å²) in [6.45, 7) is 1.10. The average Bonchev–Trinajstić information content (AvgIpc) is 2.60. The lowest BCUT2D eigenvalue weighted by atomic mass is 10.3. The van der Waals surface area contributed by atoms with Gasteiger partial charge in [0.1, 0.15) is 11.5 Å². The molecule has 1 N–H and O–H groups in total. The van der Waals surface area contributed by atoms with Gasteiger partial charge >= 0.3 is 5.97 Å². The molecular formula is C18H18ClNO5. The summed E-state index contributed by atoms with van der Waals surface area (Å²) in [6, 6.07) is 13.7. The molecule has 2 rings (SSSR count). The number of para-hydroxylation sites is 1. The number of anilines is 1. The third kappa shape index (κ3) is 5.69. The quantitative estimate of drug-likeness (QED) is 0.764. The number of hydrogen-bond donors (Lipinski definition) is 1. The van der Waals surface area contributed by atoms with Gasteiger partial charge in [-0.15, -0.1) is 0 Å². The SMILES string of the molecule is COc1ccc(Cl)cc1NC(=O)COC(=O)[C@@H](C)Oc1ccccc1. The summed E-state index contributed by atoms with van der Waals surface area (Å²) >= 11 is 5.89. The molecule has 0 radical (unpaired) electrons. The van der Waals surface area contributed by atoms with E-state index in [9.17, 15) is 9.59 Å². The molecule has 25 heavy (non-hydrogen) atoms. The first kappa shape index (κ1) is 18.6. The van der Waals surface area contributed by atoms with Crippen molar-refractivity contribution in [2.24, 2.45) is 0 Å². The van der Waals surface area contributed by atoms with Gasteiger partial charge in [0.15, 0.2) is 12.7 Å². The second-order valence-electron chi connectivity index (χ2n) is 5.07. The summed E-state index contributed by atoms with van der Waals surface area (Å²) in [7, 11) is 1.47. The first-order valence-corrected chi connectivity index (χ1v) is 7.89. The molecule has 0 heterocycles. The molecule has 0 aliphatic carbocycles. The highest BCUT2D eigenvalue weighted by Crippen LogP contribution is 2.27. The van der Waals surface area contributed by atoms with Crippen LogP contribution >= 0.6 is 11.6 Å². The molecule has 1 amide bonds. The Labute approximate surface area is 150 Å². The smallest absolute Gasteiger partial charge is 0.347 e. The number of amides is 1. The fourth-order valence-corrected chi connectivity index (χ4v) is 2.14. The molecule has 6 nitrogen and oxygen atoms in total. The van der Waals surface area contributed by atoms with E-state index in [4.69, 9.17) is 25.8 Å². The van der Waals surface area contributed by atoms with E-state index in [0.717, 1.165) is 0 Å². The van der Waals surface area contributed by atoms with Crippen LogP contribution in [0.2, 0.25) is 5.02 Å². The molecule has 0 spiro atoms. The van der Waals surface area contributed by atoms with Crippen LogP contribution < -0.4 is 14.8 Å². The number of halogens is 1. The first-order valence-electron chi connectivity index (χ1n) is 7.51. The van der Waals surface area contributed by atoms with Crippen molar-refractivity contribution in [2.75, 3.05) is 19.0 Å². The lowest BCUT2D eigenvalue weighted by Gasteiger charge is -2.14. The zero-order valence-electron chi connectivity index (χ0n) is 13.8. The maximum Gasteiger partial charge on any atom is 0.347 e. The van der Waals surface area contributed by atoms with Gasteiger partial charge < -0.3 is 19.5 Å². The van der Waals surface area contributed by atoms with Crippen LogP contribution in [-0.2, 0) is 14.3 Å². The summed E-state index contributed by atoms with van der Waals surface area (Å²) in [5.74, 6) is -0.164. The van der Waals surface area contributed by atoms with E-state index in [1.54, 1.807) is 49.4 Å². The van der Waals surface area contributed by atoms with Crippen LogP contribution in [0.1, 0.15) is 6.92 Å². The van der Waals surface area contributed by atoms with E-state index in [1.165, 1.54) is 7.11 Å². The number of ether oxygens (including phenoxy) is 3. The third-order valence-corrected chi connectivity index (χ3v) is 3.40. The number of carbonyl (C=O) groups excluding carboxylic acids is 2. The predicted octanol–water partition coefficient (Wildman–Crippen LogP) is 3.30. The molecule has 7 heteroatoms. The van der Waals surface area contributed by atoms with Gasteiger partial charge in [0.2, 0.25) is 0 Å². The average molecular weight is 364 g/mol. The molecule has 0 aromatic heterocycles. The van der Waals surface area contributed by atoms with Crippen molar-refractivity contribution in [2.45, 2.75) is 13.0 Å². The Morgan fingerprint density at radius 3 is 2.56 bits per heavy atom. The highest BCUT2D eigenvalue weighted by molar-refractivity contribution is 6.31. The standard InChI is InChI=1S/C18H18ClNO5/c1-12(25-14-6-4-3-5-7-14)18(22)24-11-17(21)20-15-10-13(19)8-9-16(15)23-2/h3-10,12H,11H2,1-2H3,(H,20,21)/t12-/m1/s1. The lowest BCUT2D eigenvalue weighted by molar-refractivity contribution is -0.153. The second kappa shape index (κ2) is 8.94. The van der Waals surface area contributed by atoms with E-state index in [0.29, 0.717) is 22.2 Å². The lowest BCUT2D eigenvalue weighted by Crippen LogP contribution is -2.29. The van der Waals surface area contributed by atoms with Crippen molar-refractivity contribution in [1.29, 1.82) is 0 Å². The molecule has 2 aromatic rings. The second-order valence-corrected chi connectivity index (χ2v) is 5.51. The van der Waals surface area contributed by atoms with E-state index in [-0.39, 0.29) is 0 Å².